The highest BCUT2D eigenvalue weighted by Gasteiger charge is 2.31. The molecule has 0 bridgehead atoms. The van der Waals surface area contributed by atoms with E-state index in [1.807, 2.05) is 0 Å². The predicted octanol–water partition coefficient (Wildman–Crippen LogP) is 3.31. The molecule has 0 radical (unpaired) electrons. The SMILES string of the molecule is COP(=O)(Oc1ccccc1O)Oc1ccccc1O. The summed E-state index contributed by atoms with van der Waals surface area (Å²) in [6.45, 7) is 0. The fourth-order valence-electron chi connectivity index (χ4n) is 1.40. The van der Waals surface area contributed by atoms with Crippen molar-refractivity contribution in [3.8, 4) is 23.0 Å². The van der Waals surface area contributed by atoms with Gasteiger partial charge in [-0.15, -0.1) is 0 Å². The first kappa shape index (κ1) is 14.2. The van der Waals surface area contributed by atoms with Crippen molar-refractivity contribution < 1.29 is 28.3 Å². The Bertz CT molecular complexity index is 591. The second-order valence-corrected chi connectivity index (χ2v) is 5.37. The summed E-state index contributed by atoms with van der Waals surface area (Å²) in [5.74, 6) is -0.502. The molecule has 0 spiro atoms. The third-order valence-corrected chi connectivity index (χ3v) is 3.66. The fraction of sp³-hybridized carbons (Fsp3) is 0.0769. The van der Waals surface area contributed by atoms with Crippen LogP contribution in [-0.2, 0) is 9.09 Å². The molecule has 0 aliphatic heterocycles. The van der Waals surface area contributed by atoms with Crippen molar-refractivity contribution in [3.63, 3.8) is 0 Å². The van der Waals surface area contributed by atoms with E-state index in [-0.39, 0.29) is 23.0 Å². The molecule has 20 heavy (non-hydrogen) atoms. The fourth-order valence-corrected chi connectivity index (χ4v) is 2.38. The first-order chi connectivity index (χ1) is 9.54. The molecule has 0 unspecified atom stereocenters. The van der Waals surface area contributed by atoms with Crippen LogP contribution in [0.2, 0.25) is 0 Å². The molecule has 0 heterocycles. The van der Waals surface area contributed by atoms with Crippen molar-refractivity contribution in [2.24, 2.45) is 0 Å². The Labute approximate surface area is 115 Å². The lowest BCUT2D eigenvalue weighted by Gasteiger charge is -2.18. The largest absolute Gasteiger partial charge is 0.587 e. The summed E-state index contributed by atoms with van der Waals surface area (Å²) in [5.41, 5.74) is 0. The van der Waals surface area contributed by atoms with Crippen LogP contribution in [0.5, 0.6) is 23.0 Å². The molecule has 7 heteroatoms. The summed E-state index contributed by atoms with van der Waals surface area (Å²) in [7, 11) is -2.88. The Morgan fingerprint density at radius 3 is 1.60 bits per heavy atom. The van der Waals surface area contributed by atoms with Crippen LogP contribution >= 0.6 is 7.82 Å². The number of phenolic OH excluding ortho intramolecular Hbond substituents is 2. The van der Waals surface area contributed by atoms with Gasteiger partial charge in [0, 0.05) is 7.11 Å². The van der Waals surface area contributed by atoms with E-state index in [0.717, 1.165) is 7.11 Å². The number of phenols is 2. The number of benzene rings is 2. The number of rotatable bonds is 5. The van der Waals surface area contributed by atoms with Crippen LogP contribution in [0.4, 0.5) is 0 Å². The van der Waals surface area contributed by atoms with Gasteiger partial charge in [0.05, 0.1) is 0 Å². The van der Waals surface area contributed by atoms with Crippen LogP contribution in [0.3, 0.4) is 0 Å². The van der Waals surface area contributed by atoms with Crippen molar-refractivity contribution in [1.29, 1.82) is 0 Å². The zero-order valence-corrected chi connectivity index (χ0v) is 11.5. The van der Waals surface area contributed by atoms with Gasteiger partial charge in [-0.1, -0.05) is 24.3 Å². The van der Waals surface area contributed by atoms with Gasteiger partial charge in [0.1, 0.15) is 0 Å². The van der Waals surface area contributed by atoms with Gasteiger partial charge >= 0.3 is 7.82 Å². The molecule has 0 saturated heterocycles. The molecular weight excluding hydrogens is 283 g/mol. The van der Waals surface area contributed by atoms with Crippen LogP contribution in [0, 0.1) is 0 Å². The average molecular weight is 296 g/mol. The van der Waals surface area contributed by atoms with Crippen LogP contribution in [-0.4, -0.2) is 17.3 Å². The van der Waals surface area contributed by atoms with E-state index in [1.54, 1.807) is 24.3 Å². The third kappa shape index (κ3) is 3.23. The van der Waals surface area contributed by atoms with Gasteiger partial charge in [0.25, 0.3) is 0 Å². The van der Waals surface area contributed by atoms with E-state index < -0.39 is 7.82 Å². The molecule has 0 aliphatic carbocycles. The van der Waals surface area contributed by atoms with E-state index in [4.69, 9.17) is 13.6 Å². The molecule has 0 amide bonds. The summed E-state index contributed by atoms with van der Waals surface area (Å²) in [5, 5.41) is 19.2. The van der Waals surface area contributed by atoms with Crippen molar-refractivity contribution in [2.75, 3.05) is 7.11 Å². The molecule has 6 nitrogen and oxygen atoms in total. The normalized spacial score (nSPS) is 11.1. The number of hydrogen-bond donors (Lipinski definition) is 2. The van der Waals surface area contributed by atoms with E-state index in [1.165, 1.54) is 24.3 Å². The molecule has 0 atom stereocenters. The highest BCUT2D eigenvalue weighted by Crippen LogP contribution is 2.51. The molecule has 2 aromatic rings. The number of phosphoric ester groups is 1. The summed E-state index contributed by atoms with van der Waals surface area (Å²) in [4.78, 5) is 0. The van der Waals surface area contributed by atoms with Crippen molar-refractivity contribution in [3.05, 3.63) is 48.5 Å². The lowest BCUT2D eigenvalue weighted by atomic mass is 10.3. The Morgan fingerprint density at radius 1 is 0.850 bits per heavy atom. The number of aromatic hydroxyl groups is 2. The topological polar surface area (TPSA) is 85.2 Å². The average Bonchev–Trinajstić information content (AvgIpc) is 2.44. The second kappa shape index (κ2) is 5.86. The summed E-state index contributed by atoms with van der Waals surface area (Å²) < 4.78 is 27.3. The van der Waals surface area contributed by atoms with Crippen LogP contribution in [0.1, 0.15) is 0 Å². The van der Waals surface area contributed by atoms with Gasteiger partial charge in [-0.05, 0) is 24.3 Å². The standard InChI is InChI=1S/C13H13O6P/c1-17-20(16,18-12-8-4-2-6-10(12)14)19-13-9-5-3-7-11(13)15/h2-9,14-15H,1H3. The second-order valence-electron chi connectivity index (χ2n) is 3.75. The molecular formula is C13H13O6P. The zero-order chi connectivity index (χ0) is 14.6. The first-order valence-electron chi connectivity index (χ1n) is 5.65. The smallest absolute Gasteiger partial charge is 0.504 e. The zero-order valence-electron chi connectivity index (χ0n) is 10.6. The van der Waals surface area contributed by atoms with Crippen LogP contribution in [0.15, 0.2) is 48.5 Å². The van der Waals surface area contributed by atoms with Gasteiger partial charge in [0.2, 0.25) is 0 Å². The third-order valence-electron chi connectivity index (χ3n) is 2.37. The van der Waals surface area contributed by atoms with Crippen molar-refractivity contribution >= 4 is 7.82 Å². The Hall–Kier alpha value is -2.17. The highest BCUT2D eigenvalue weighted by atomic mass is 31.2. The molecule has 2 aromatic carbocycles. The lowest BCUT2D eigenvalue weighted by Crippen LogP contribution is -2.03. The monoisotopic (exact) mass is 296 g/mol. The minimum absolute atomic E-state index is 0.0481. The van der Waals surface area contributed by atoms with Gasteiger partial charge in [-0.25, -0.2) is 4.57 Å². The van der Waals surface area contributed by atoms with E-state index in [0.29, 0.717) is 0 Å². The van der Waals surface area contributed by atoms with E-state index in [9.17, 15) is 14.8 Å². The number of phosphoric acid groups is 1. The van der Waals surface area contributed by atoms with Crippen molar-refractivity contribution in [1.82, 2.24) is 0 Å². The van der Waals surface area contributed by atoms with Gasteiger partial charge in [-0.3, -0.25) is 4.52 Å². The summed E-state index contributed by atoms with van der Waals surface area (Å²) >= 11 is 0. The maximum absolute atomic E-state index is 12.3. The molecule has 0 saturated carbocycles. The highest BCUT2D eigenvalue weighted by molar-refractivity contribution is 7.49. The lowest BCUT2D eigenvalue weighted by molar-refractivity contribution is 0.243. The molecule has 0 aromatic heterocycles. The molecule has 2 rings (SSSR count). The summed E-state index contributed by atoms with van der Waals surface area (Å²) in [6, 6.07) is 11.9. The first-order valence-corrected chi connectivity index (χ1v) is 7.11. The Morgan fingerprint density at radius 2 is 1.25 bits per heavy atom. The minimum atomic E-state index is -4.02. The number of hydrogen-bond acceptors (Lipinski definition) is 6. The van der Waals surface area contributed by atoms with Gasteiger partial charge in [-0.2, -0.15) is 0 Å². The molecule has 106 valence electrons. The van der Waals surface area contributed by atoms with Gasteiger partial charge < -0.3 is 19.3 Å². The quantitative estimate of drug-likeness (QED) is 0.823. The maximum atomic E-state index is 12.3. The molecule has 0 fully saturated rings. The van der Waals surface area contributed by atoms with Crippen LogP contribution < -0.4 is 9.05 Å². The minimum Gasteiger partial charge on any atom is -0.504 e. The van der Waals surface area contributed by atoms with Gasteiger partial charge in [0.15, 0.2) is 23.0 Å². The van der Waals surface area contributed by atoms with E-state index in [2.05, 4.69) is 0 Å². The van der Waals surface area contributed by atoms with Crippen LogP contribution in [0.25, 0.3) is 0 Å². The molecule has 0 aliphatic rings. The molecule has 2 N–H and O–H groups in total. The number of para-hydroxylation sites is 4. The van der Waals surface area contributed by atoms with E-state index >= 15 is 0 Å². The maximum Gasteiger partial charge on any atom is 0.587 e. The predicted molar refractivity (Wildman–Crippen MR) is 72.1 cm³/mol. The Kier molecular flexibility index (Phi) is 4.17. The summed E-state index contributed by atoms with van der Waals surface area (Å²) in [6.07, 6.45) is 0. The van der Waals surface area contributed by atoms with Crippen molar-refractivity contribution in [2.45, 2.75) is 0 Å². The Balaban J connectivity index is 2.24.